The maximum atomic E-state index is 6.57. The summed E-state index contributed by atoms with van der Waals surface area (Å²) in [6, 6.07) is 52.9. The molecule has 0 atom stereocenters. The van der Waals surface area contributed by atoms with Crippen molar-refractivity contribution >= 4 is 11.1 Å². The highest BCUT2D eigenvalue weighted by Gasteiger charge is 2.54. The second-order valence-corrected chi connectivity index (χ2v) is 18.5. The zero-order chi connectivity index (χ0) is 39.4. The molecule has 4 saturated carbocycles. The van der Waals surface area contributed by atoms with Gasteiger partial charge in [0.25, 0.3) is 0 Å². The van der Waals surface area contributed by atoms with Crippen molar-refractivity contribution in [2.45, 2.75) is 62.2 Å². The molecule has 1 aromatic heterocycles. The van der Waals surface area contributed by atoms with Gasteiger partial charge in [-0.15, -0.1) is 0 Å². The van der Waals surface area contributed by atoms with Crippen LogP contribution >= 0.6 is 0 Å². The third kappa shape index (κ3) is 5.12. The SMILES string of the molecule is C1=C(c2ccccc2)CCC=C1c1nc(-c2cccc(-c3ccc4c(c3)-c3ccccc3C43c4ccccc4Oc4ccccc43)c2)nc(C23CC4C[C@H](C2)C[C@H](C4)C3)n1. The molecule has 6 aliphatic carbocycles. The fourth-order valence-corrected chi connectivity index (χ4v) is 12.9. The van der Waals surface area contributed by atoms with E-state index in [1.165, 1.54) is 88.6 Å². The molecule has 0 N–H and O–H groups in total. The highest BCUT2D eigenvalue weighted by Crippen LogP contribution is 2.63. The van der Waals surface area contributed by atoms with Gasteiger partial charge in [-0.1, -0.05) is 127 Å². The Morgan fingerprint density at radius 2 is 1.08 bits per heavy atom. The molecule has 2 heterocycles. The molecule has 4 heteroatoms. The minimum atomic E-state index is -0.477. The number of rotatable bonds is 5. The normalized spacial score (nSPS) is 23.5. The first-order valence-corrected chi connectivity index (χ1v) is 22.1. The molecule has 7 aromatic rings. The van der Waals surface area contributed by atoms with Gasteiger partial charge in [0.2, 0.25) is 0 Å². The summed E-state index contributed by atoms with van der Waals surface area (Å²) in [5.41, 5.74) is 14.2. The summed E-state index contributed by atoms with van der Waals surface area (Å²) in [5, 5.41) is 0. The van der Waals surface area contributed by atoms with Gasteiger partial charge >= 0.3 is 0 Å². The van der Waals surface area contributed by atoms with E-state index in [1.54, 1.807) is 0 Å². The summed E-state index contributed by atoms with van der Waals surface area (Å²) >= 11 is 0. The number of nitrogens with zero attached hydrogens (tertiary/aromatic N) is 3. The average molecular weight is 776 g/mol. The molecule has 7 aliphatic rings. The monoisotopic (exact) mass is 775 g/mol. The maximum Gasteiger partial charge on any atom is 0.163 e. The molecule has 1 spiro atoms. The molecule has 290 valence electrons. The predicted octanol–water partition coefficient (Wildman–Crippen LogP) is 13.4. The number of benzene rings is 6. The summed E-state index contributed by atoms with van der Waals surface area (Å²) in [6.07, 6.45) is 14.5. The number of para-hydroxylation sites is 2. The second-order valence-electron chi connectivity index (χ2n) is 18.5. The summed E-state index contributed by atoms with van der Waals surface area (Å²) in [7, 11) is 0. The van der Waals surface area contributed by atoms with E-state index in [4.69, 9.17) is 19.7 Å². The molecule has 60 heavy (non-hydrogen) atoms. The van der Waals surface area contributed by atoms with Crippen LogP contribution in [0.4, 0.5) is 0 Å². The van der Waals surface area contributed by atoms with Gasteiger partial charge in [-0.2, -0.15) is 0 Å². The van der Waals surface area contributed by atoms with Crippen LogP contribution in [0.3, 0.4) is 0 Å². The number of hydrogen-bond donors (Lipinski definition) is 0. The second kappa shape index (κ2) is 13.1. The number of ether oxygens (including phenoxy) is 1. The molecule has 14 rings (SSSR count). The number of aromatic nitrogens is 3. The van der Waals surface area contributed by atoms with Crippen LogP contribution in [0, 0.1) is 17.8 Å². The van der Waals surface area contributed by atoms with Crippen LogP contribution in [0.1, 0.15) is 90.8 Å². The van der Waals surface area contributed by atoms with Crippen LogP contribution in [0.15, 0.2) is 158 Å². The smallest absolute Gasteiger partial charge is 0.163 e. The number of hydrogen-bond acceptors (Lipinski definition) is 4. The van der Waals surface area contributed by atoms with Gasteiger partial charge in [0.15, 0.2) is 11.6 Å². The third-order valence-corrected chi connectivity index (χ3v) is 15.0. The van der Waals surface area contributed by atoms with Crippen LogP contribution in [-0.2, 0) is 10.8 Å². The first-order valence-electron chi connectivity index (χ1n) is 22.1. The molecule has 1 aliphatic heterocycles. The van der Waals surface area contributed by atoms with Crippen LogP contribution in [-0.4, -0.2) is 15.0 Å². The molecule has 0 unspecified atom stereocenters. The Morgan fingerprint density at radius 3 is 1.83 bits per heavy atom. The fraction of sp³-hybridized carbons (Fsp3) is 0.232. The summed E-state index contributed by atoms with van der Waals surface area (Å²) < 4.78 is 6.57. The van der Waals surface area contributed by atoms with Crippen molar-refractivity contribution in [3.05, 3.63) is 197 Å². The highest BCUT2D eigenvalue weighted by molar-refractivity contribution is 5.91. The van der Waals surface area contributed by atoms with E-state index in [2.05, 4.69) is 158 Å². The summed E-state index contributed by atoms with van der Waals surface area (Å²) in [5.74, 6) is 6.86. The van der Waals surface area contributed by atoms with Crippen molar-refractivity contribution in [1.29, 1.82) is 0 Å². The molecule has 4 nitrogen and oxygen atoms in total. The molecule has 4 fully saturated rings. The van der Waals surface area contributed by atoms with Crippen molar-refractivity contribution in [3.8, 4) is 45.1 Å². The first-order chi connectivity index (χ1) is 29.6. The lowest BCUT2D eigenvalue weighted by molar-refractivity contribution is -0.00947. The predicted molar refractivity (Wildman–Crippen MR) is 240 cm³/mol. The van der Waals surface area contributed by atoms with Crippen molar-refractivity contribution in [3.63, 3.8) is 0 Å². The van der Waals surface area contributed by atoms with E-state index in [0.717, 1.165) is 76.3 Å². The van der Waals surface area contributed by atoms with E-state index in [1.807, 2.05) is 0 Å². The minimum Gasteiger partial charge on any atom is -0.457 e. The Bertz CT molecular complexity index is 2880. The topological polar surface area (TPSA) is 47.9 Å². The van der Waals surface area contributed by atoms with Crippen LogP contribution in [0.25, 0.3) is 44.8 Å². The van der Waals surface area contributed by atoms with E-state index in [9.17, 15) is 0 Å². The lowest BCUT2D eigenvalue weighted by Crippen LogP contribution is -2.49. The summed E-state index contributed by atoms with van der Waals surface area (Å²) in [4.78, 5) is 16.3. The van der Waals surface area contributed by atoms with E-state index < -0.39 is 5.41 Å². The van der Waals surface area contributed by atoms with Crippen molar-refractivity contribution in [2.75, 3.05) is 0 Å². The Labute approximate surface area is 351 Å². The van der Waals surface area contributed by atoms with Gasteiger partial charge in [-0.05, 0) is 144 Å². The third-order valence-electron chi connectivity index (χ3n) is 15.0. The lowest BCUT2D eigenvalue weighted by Gasteiger charge is -2.56. The Morgan fingerprint density at radius 1 is 0.483 bits per heavy atom. The Kier molecular flexibility index (Phi) is 7.50. The van der Waals surface area contributed by atoms with Crippen LogP contribution < -0.4 is 4.74 Å². The van der Waals surface area contributed by atoms with E-state index >= 15 is 0 Å². The number of allylic oxidation sites excluding steroid dienone is 4. The van der Waals surface area contributed by atoms with Gasteiger partial charge in [-0.25, -0.2) is 15.0 Å². The van der Waals surface area contributed by atoms with Gasteiger partial charge in [0.1, 0.15) is 17.3 Å². The van der Waals surface area contributed by atoms with E-state index in [0.29, 0.717) is 0 Å². The largest absolute Gasteiger partial charge is 0.457 e. The van der Waals surface area contributed by atoms with Crippen molar-refractivity contribution in [1.82, 2.24) is 15.0 Å². The number of fused-ring (bicyclic) bond motifs is 9. The van der Waals surface area contributed by atoms with Crippen LogP contribution in [0.5, 0.6) is 11.5 Å². The molecule has 0 radical (unpaired) electrons. The van der Waals surface area contributed by atoms with Gasteiger partial charge in [0.05, 0.1) is 5.41 Å². The summed E-state index contributed by atoms with van der Waals surface area (Å²) in [6.45, 7) is 0. The average Bonchev–Trinajstić information content (AvgIpc) is 3.59. The fourth-order valence-electron chi connectivity index (χ4n) is 12.9. The van der Waals surface area contributed by atoms with Gasteiger partial charge in [-0.3, -0.25) is 0 Å². The molecule has 0 saturated heterocycles. The highest BCUT2D eigenvalue weighted by atomic mass is 16.5. The van der Waals surface area contributed by atoms with Gasteiger partial charge in [0, 0.05) is 27.7 Å². The zero-order valence-electron chi connectivity index (χ0n) is 33.6. The molecule has 6 aromatic carbocycles. The van der Waals surface area contributed by atoms with Crippen molar-refractivity contribution in [2.24, 2.45) is 17.8 Å². The first kappa shape index (κ1) is 34.5. The molecule has 4 bridgehead atoms. The Hall–Kier alpha value is -6.39. The molecule has 0 amide bonds. The van der Waals surface area contributed by atoms with Crippen molar-refractivity contribution < 1.29 is 4.74 Å². The minimum absolute atomic E-state index is 0.0464. The molecular weight excluding hydrogens is 731 g/mol. The quantitative estimate of drug-likeness (QED) is 0.175. The Balaban J connectivity index is 0.945. The van der Waals surface area contributed by atoms with E-state index in [-0.39, 0.29) is 5.41 Å². The molecular formula is C56H45N3O. The maximum absolute atomic E-state index is 6.57. The standard InChI is InChI=1S/C56H45N3O/c1-2-12-38(13-3-1)39-14-10-16-42(29-39)52-57-53(59-54(58-52)55-32-35-26-36(33-55)28-37(27-35)34-55)43-17-11-15-40(30-43)41-24-25-47-45(31-41)44-18-4-5-19-46(44)56(47)48-20-6-8-22-50(48)60-51-23-9-7-21-49(51)56/h1-9,11-13,15-25,29-31,35-37H,10,14,26-28,32-34H2/t35-,36-,37?,55?/m1/s1. The zero-order valence-corrected chi connectivity index (χ0v) is 33.6. The lowest BCUT2D eigenvalue weighted by atomic mass is 9.49. The van der Waals surface area contributed by atoms with Gasteiger partial charge < -0.3 is 4.74 Å². The van der Waals surface area contributed by atoms with Crippen LogP contribution in [0.2, 0.25) is 0 Å².